The molecular formula is C9H13N3O4. The molecule has 3 N–H and O–H groups in total. The van der Waals surface area contributed by atoms with Gasteiger partial charge in [0.1, 0.15) is 6.26 Å². The van der Waals surface area contributed by atoms with Crippen LogP contribution in [0.3, 0.4) is 0 Å². The number of amides is 2. The van der Waals surface area contributed by atoms with Crippen molar-refractivity contribution in [3.05, 3.63) is 12.0 Å². The van der Waals surface area contributed by atoms with Crippen LogP contribution in [0.2, 0.25) is 0 Å². The number of aliphatic carboxylic acids is 1. The van der Waals surface area contributed by atoms with Gasteiger partial charge in [0.2, 0.25) is 0 Å². The number of hydrogen-bond donors (Lipinski definition) is 2. The number of carbonyl (C=O) groups excluding carboxylic acids is 1. The number of carbonyl (C=O) groups is 2. The van der Waals surface area contributed by atoms with Crippen LogP contribution in [0.4, 0.5) is 10.8 Å². The maximum absolute atomic E-state index is 11.1. The number of nitrogens with zero attached hydrogens (tertiary/aromatic N) is 2. The Morgan fingerprint density at radius 1 is 1.69 bits per heavy atom. The predicted octanol–water partition coefficient (Wildman–Crippen LogP) is 0.589. The van der Waals surface area contributed by atoms with E-state index in [0.29, 0.717) is 5.69 Å². The molecule has 7 nitrogen and oxygen atoms in total. The summed E-state index contributed by atoms with van der Waals surface area (Å²) in [6.07, 6.45) is 1.36. The predicted molar refractivity (Wildman–Crippen MR) is 55.0 cm³/mol. The SMILES string of the molecule is Cc1coc(N(CC(C)C(=O)O)C(N)=O)n1. The van der Waals surface area contributed by atoms with Gasteiger partial charge in [0.05, 0.1) is 11.6 Å². The Bertz CT molecular complexity index is 401. The number of aromatic nitrogens is 1. The van der Waals surface area contributed by atoms with Gasteiger partial charge in [-0.05, 0) is 6.92 Å². The lowest BCUT2D eigenvalue weighted by Crippen LogP contribution is -2.40. The lowest BCUT2D eigenvalue weighted by molar-refractivity contribution is -0.140. The van der Waals surface area contributed by atoms with Crippen LogP contribution in [0, 0.1) is 12.8 Å². The fourth-order valence-electron chi connectivity index (χ4n) is 1.08. The monoisotopic (exact) mass is 227 g/mol. The van der Waals surface area contributed by atoms with Gasteiger partial charge in [-0.1, -0.05) is 6.92 Å². The highest BCUT2D eigenvalue weighted by Crippen LogP contribution is 2.14. The first-order valence-corrected chi connectivity index (χ1v) is 4.63. The number of oxazole rings is 1. The molecule has 2 amide bonds. The molecule has 1 aromatic heterocycles. The maximum Gasteiger partial charge on any atom is 0.322 e. The zero-order valence-electron chi connectivity index (χ0n) is 9.01. The molecule has 0 saturated heterocycles. The van der Waals surface area contributed by atoms with Crippen molar-refractivity contribution in [3.63, 3.8) is 0 Å². The minimum atomic E-state index is -1.02. The molecule has 1 atom stereocenters. The molecule has 0 bridgehead atoms. The standard InChI is InChI=1S/C9H13N3O4/c1-5(7(13)14)3-12(8(10)15)9-11-6(2)4-16-9/h4-5H,3H2,1-2H3,(H2,10,15)(H,13,14). The first kappa shape index (κ1) is 12.0. The molecule has 0 radical (unpaired) electrons. The normalized spacial score (nSPS) is 12.1. The summed E-state index contributed by atoms with van der Waals surface area (Å²) in [4.78, 5) is 26.7. The smallest absolute Gasteiger partial charge is 0.322 e. The molecule has 1 unspecified atom stereocenters. The number of carboxylic acid groups (broad SMARTS) is 1. The van der Waals surface area contributed by atoms with Gasteiger partial charge in [-0.15, -0.1) is 0 Å². The molecular weight excluding hydrogens is 214 g/mol. The van der Waals surface area contributed by atoms with Crippen molar-refractivity contribution in [2.45, 2.75) is 13.8 Å². The Hall–Kier alpha value is -2.05. The summed E-state index contributed by atoms with van der Waals surface area (Å²) in [6, 6.07) is -0.784. The van der Waals surface area contributed by atoms with E-state index >= 15 is 0 Å². The van der Waals surface area contributed by atoms with Crippen molar-refractivity contribution in [1.29, 1.82) is 0 Å². The largest absolute Gasteiger partial charge is 0.481 e. The molecule has 0 spiro atoms. The van der Waals surface area contributed by atoms with Gasteiger partial charge in [0.15, 0.2) is 0 Å². The molecule has 88 valence electrons. The van der Waals surface area contributed by atoms with Gasteiger partial charge >= 0.3 is 18.0 Å². The number of nitrogens with two attached hydrogens (primary N) is 1. The summed E-state index contributed by atoms with van der Waals surface area (Å²) in [6.45, 7) is 3.07. The number of rotatable bonds is 4. The van der Waals surface area contributed by atoms with Crippen molar-refractivity contribution in [2.24, 2.45) is 11.7 Å². The van der Waals surface area contributed by atoms with E-state index in [-0.39, 0.29) is 12.6 Å². The molecule has 7 heteroatoms. The molecule has 1 rings (SSSR count). The molecule has 16 heavy (non-hydrogen) atoms. The second-order valence-electron chi connectivity index (χ2n) is 3.46. The zero-order chi connectivity index (χ0) is 12.3. The summed E-state index contributed by atoms with van der Waals surface area (Å²) in [5.74, 6) is -1.77. The third-order valence-corrected chi connectivity index (χ3v) is 1.98. The Labute approximate surface area is 91.9 Å². The molecule has 0 aliphatic heterocycles. The van der Waals surface area contributed by atoms with Gasteiger partial charge < -0.3 is 15.3 Å². The minimum absolute atomic E-state index is 0.0121. The quantitative estimate of drug-likeness (QED) is 0.782. The summed E-state index contributed by atoms with van der Waals surface area (Å²) in [5.41, 5.74) is 5.71. The van der Waals surface area contributed by atoms with Gasteiger partial charge in [0.25, 0.3) is 0 Å². The fourth-order valence-corrected chi connectivity index (χ4v) is 1.08. The highest BCUT2D eigenvalue weighted by atomic mass is 16.4. The van der Waals surface area contributed by atoms with Crippen LogP contribution in [0.15, 0.2) is 10.7 Å². The van der Waals surface area contributed by atoms with Crippen molar-refractivity contribution < 1.29 is 19.1 Å². The van der Waals surface area contributed by atoms with Crippen LogP contribution in [0.25, 0.3) is 0 Å². The first-order valence-electron chi connectivity index (χ1n) is 4.63. The third kappa shape index (κ3) is 2.72. The van der Waals surface area contributed by atoms with Crippen molar-refractivity contribution >= 4 is 18.0 Å². The average Bonchev–Trinajstić information content (AvgIpc) is 2.59. The van der Waals surface area contributed by atoms with Crippen molar-refractivity contribution in [2.75, 3.05) is 11.4 Å². The fraction of sp³-hybridized carbons (Fsp3) is 0.444. The summed E-state index contributed by atoms with van der Waals surface area (Å²) in [7, 11) is 0. The number of hydrogen-bond acceptors (Lipinski definition) is 4. The Morgan fingerprint density at radius 3 is 2.69 bits per heavy atom. The number of aryl methyl sites for hydroxylation is 1. The number of anilines is 1. The zero-order valence-corrected chi connectivity index (χ0v) is 9.01. The van der Waals surface area contributed by atoms with Crippen molar-refractivity contribution in [1.82, 2.24) is 4.98 Å². The van der Waals surface area contributed by atoms with Crippen LogP contribution in [0.5, 0.6) is 0 Å². The molecule has 1 heterocycles. The second kappa shape index (κ2) is 4.65. The minimum Gasteiger partial charge on any atom is -0.481 e. The Balaban J connectivity index is 2.84. The summed E-state index contributed by atoms with van der Waals surface area (Å²) in [5, 5.41) is 8.73. The topological polar surface area (TPSA) is 110 Å². The van der Waals surface area contributed by atoms with E-state index in [9.17, 15) is 9.59 Å². The van der Waals surface area contributed by atoms with Crippen LogP contribution in [-0.2, 0) is 4.79 Å². The van der Waals surface area contributed by atoms with Crippen LogP contribution >= 0.6 is 0 Å². The highest BCUT2D eigenvalue weighted by molar-refractivity contribution is 5.89. The second-order valence-corrected chi connectivity index (χ2v) is 3.46. The number of carboxylic acids is 1. The van der Waals surface area contributed by atoms with E-state index < -0.39 is 17.9 Å². The van der Waals surface area contributed by atoms with E-state index in [0.717, 1.165) is 4.90 Å². The van der Waals surface area contributed by atoms with Gasteiger partial charge in [-0.3, -0.25) is 4.79 Å². The molecule has 0 aliphatic carbocycles. The van der Waals surface area contributed by atoms with E-state index in [4.69, 9.17) is 15.3 Å². The van der Waals surface area contributed by atoms with Crippen LogP contribution in [-0.4, -0.2) is 28.6 Å². The molecule has 0 aromatic carbocycles. The van der Waals surface area contributed by atoms with Gasteiger partial charge in [-0.25, -0.2) is 9.69 Å². The molecule has 0 saturated carbocycles. The molecule has 0 aliphatic rings. The molecule has 1 aromatic rings. The van der Waals surface area contributed by atoms with Gasteiger partial charge in [-0.2, -0.15) is 4.98 Å². The summed E-state index contributed by atoms with van der Waals surface area (Å²) < 4.78 is 4.99. The van der Waals surface area contributed by atoms with Crippen LogP contribution in [0.1, 0.15) is 12.6 Å². The number of primary amides is 1. The Kier molecular flexibility index (Phi) is 3.49. The lowest BCUT2D eigenvalue weighted by atomic mass is 10.2. The van der Waals surface area contributed by atoms with Crippen molar-refractivity contribution in [3.8, 4) is 0 Å². The average molecular weight is 227 g/mol. The van der Waals surface area contributed by atoms with E-state index in [1.807, 2.05) is 0 Å². The number of urea groups is 1. The lowest BCUT2D eigenvalue weighted by Gasteiger charge is -2.17. The van der Waals surface area contributed by atoms with E-state index in [1.165, 1.54) is 13.2 Å². The highest BCUT2D eigenvalue weighted by Gasteiger charge is 2.23. The summed E-state index contributed by atoms with van der Waals surface area (Å²) >= 11 is 0. The Morgan fingerprint density at radius 2 is 2.31 bits per heavy atom. The van der Waals surface area contributed by atoms with E-state index in [1.54, 1.807) is 6.92 Å². The maximum atomic E-state index is 11.1. The third-order valence-electron chi connectivity index (χ3n) is 1.98. The van der Waals surface area contributed by atoms with Crippen LogP contribution < -0.4 is 10.6 Å². The van der Waals surface area contributed by atoms with Gasteiger partial charge in [0, 0.05) is 6.54 Å². The van der Waals surface area contributed by atoms with E-state index in [2.05, 4.69) is 4.98 Å². The first-order chi connectivity index (χ1) is 7.41. The molecule has 0 fully saturated rings.